The third-order valence-electron chi connectivity index (χ3n) is 3.65. The van der Waals surface area contributed by atoms with Crippen molar-refractivity contribution in [2.45, 2.75) is 58.5 Å². The van der Waals surface area contributed by atoms with Crippen molar-refractivity contribution < 1.29 is 0 Å². The molecule has 104 valence electrons. The minimum absolute atomic E-state index is 0.453. The van der Waals surface area contributed by atoms with Crippen molar-refractivity contribution in [3.63, 3.8) is 0 Å². The first-order chi connectivity index (χ1) is 9.20. The number of thiophene rings is 1. The molecule has 0 aliphatic carbocycles. The number of rotatable bonds is 7. The van der Waals surface area contributed by atoms with Crippen LogP contribution in [0.3, 0.4) is 0 Å². The Bertz CT molecular complexity index is 470. The summed E-state index contributed by atoms with van der Waals surface area (Å²) in [6.45, 7) is 6.85. The van der Waals surface area contributed by atoms with Crippen LogP contribution in [0, 0.1) is 0 Å². The molecule has 0 saturated heterocycles. The van der Waals surface area contributed by atoms with E-state index in [1.807, 2.05) is 11.3 Å². The van der Waals surface area contributed by atoms with Crippen molar-refractivity contribution in [2.75, 3.05) is 0 Å². The van der Waals surface area contributed by atoms with Gasteiger partial charge in [-0.1, -0.05) is 44.4 Å². The van der Waals surface area contributed by atoms with Crippen LogP contribution in [-0.4, -0.2) is 6.04 Å². The lowest BCUT2D eigenvalue weighted by atomic mass is 10.1. The zero-order chi connectivity index (χ0) is 13.7. The van der Waals surface area contributed by atoms with Gasteiger partial charge in [0.25, 0.3) is 0 Å². The first-order valence-corrected chi connectivity index (χ1v) is 8.27. The molecule has 0 aliphatic heterocycles. The van der Waals surface area contributed by atoms with Gasteiger partial charge in [0.2, 0.25) is 0 Å². The Labute approximate surface area is 121 Å². The van der Waals surface area contributed by atoms with Crippen LogP contribution in [0.5, 0.6) is 0 Å². The lowest BCUT2D eigenvalue weighted by Crippen LogP contribution is -2.28. The molecule has 1 N–H and O–H groups in total. The average molecular weight is 275 g/mol. The molecule has 0 fully saturated rings. The standard InChI is InChI=1S/C17H25NS/c1-4-5-6-9-13(2)18-14(3)17-12-15-10-7-8-11-16(15)19-17/h7-8,10-14,18H,4-6,9H2,1-3H3. The van der Waals surface area contributed by atoms with Crippen molar-refractivity contribution in [1.29, 1.82) is 0 Å². The van der Waals surface area contributed by atoms with Gasteiger partial charge in [0.15, 0.2) is 0 Å². The van der Waals surface area contributed by atoms with E-state index in [9.17, 15) is 0 Å². The molecular weight excluding hydrogens is 250 g/mol. The summed E-state index contributed by atoms with van der Waals surface area (Å²) >= 11 is 1.91. The predicted molar refractivity (Wildman–Crippen MR) is 87.0 cm³/mol. The Balaban J connectivity index is 1.93. The van der Waals surface area contributed by atoms with Crippen molar-refractivity contribution in [1.82, 2.24) is 5.32 Å². The van der Waals surface area contributed by atoms with Crippen LogP contribution in [-0.2, 0) is 0 Å². The zero-order valence-corrected chi connectivity index (χ0v) is 13.1. The molecule has 2 rings (SSSR count). The van der Waals surface area contributed by atoms with Crippen molar-refractivity contribution >= 4 is 21.4 Å². The van der Waals surface area contributed by atoms with E-state index in [-0.39, 0.29) is 0 Å². The van der Waals surface area contributed by atoms with Gasteiger partial charge in [0, 0.05) is 21.7 Å². The number of benzene rings is 1. The van der Waals surface area contributed by atoms with Gasteiger partial charge in [0.1, 0.15) is 0 Å². The lowest BCUT2D eigenvalue weighted by molar-refractivity contribution is 0.443. The first-order valence-electron chi connectivity index (χ1n) is 7.45. The third-order valence-corrected chi connectivity index (χ3v) is 4.95. The fourth-order valence-electron chi connectivity index (χ4n) is 2.51. The van der Waals surface area contributed by atoms with Crippen LogP contribution in [0.2, 0.25) is 0 Å². The second kappa shape index (κ2) is 7.06. The summed E-state index contributed by atoms with van der Waals surface area (Å²) in [6.07, 6.45) is 5.27. The normalized spacial score (nSPS) is 14.7. The van der Waals surface area contributed by atoms with E-state index in [4.69, 9.17) is 0 Å². The third kappa shape index (κ3) is 4.05. The van der Waals surface area contributed by atoms with Crippen LogP contribution < -0.4 is 5.32 Å². The van der Waals surface area contributed by atoms with Crippen LogP contribution in [0.15, 0.2) is 30.3 Å². The summed E-state index contributed by atoms with van der Waals surface area (Å²) in [7, 11) is 0. The van der Waals surface area contributed by atoms with E-state index in [1.54, 1.807) is 0 Å². The summed E-state index contributed by atoms with van der Waals surface area (Å²) in [4.78, 5) is 1.45. The summed E-state index contributed by atoms with van der Waals surface area (Å²) in [5, 5.41) is 5.10. The highest BCUT2D eigenvalue weighted by Crippen LogP contribution is 2.29. The van der Waals surface area contributed by atoms with E-state index in [0.717, 1.165) is 0 Å². The van der Waals surface area contributed by atoms with Gasteiger partial charge in [-0.05, 0) is 37.8 Å². The Morgan fingerprint density at radius 1 is 1.16 bits per heavy atom. The zero-order valence-electron chi connectivity index (χ0n) is 12.3. The van der Waals surface area contributed by atoms with Crippen LogP contribution in [0.4, 0.5) is 0 Å². The number of fused-ring (bicyclic) bond motifs is 1. The Kier molecular flexibility index (Phi) is 5.41. The maximum atomic E-state index is 3.73. The highest BCUT2D eigenvalue weighted by atomic mass is 32.1. The molecule has 1 aromatic carbocycles. The van der Waals surface area contributed by atoms with Gasteiger partial charge in [0.05, 0.1) is 0 Å². The molecule has 2 aromatic rings. The topological polar surface area (TPSA) is 12.0 Å². The monoisotopic (exact) mass is 275 g/mol. The SMILES string of the molecule is CCCCCC(C)NC(C)c1cc2ccccc2s1. The molecule has 0 radical (unpaired) electrons. The summed E-state index contributed by atoms with van der Waals surface area (Å²) in [5.74, 6) is 0. The molecule has 0 saturated carbocycles. The van der Waals surface area contributed by atoms with Gasteiger partial charge in [-0.25, -0.2) is 0 Å². The number of hydrogen-bond acceptors (Lipinski definition) is 2. The maximum absolute atomic E-state index is 3.73. The van der Waals surface area contributed by atoms with Crippen LogP contribution in [0.25, 0.3) is 10.1 Å². The van der Waals surface area contributed by atoms with Crippen molar-refractivity contribution in [2.24, 2.45) is 0 Å². The van der Waals surface area contributed by atoms with Gasteiger partial charge >= 0.3 is 0 Å². The molecule has 1 aromatic heterocycles. The van der Waals surface area contributed by atoms with Crippen molar-refractivity contribution in [3.8, 4) is 0 Å². The first kappa shape index (κ1) is 14.5. The smallest absolute Gasteiger partial charge is 0.0388 e. The molecule has 2 unspecified atom stereocenters. The summed E-state index contributed by atoms with van der Waals surface area (Å²) < 4.78 is 1.39. The molecule has 0 aliphatic rings. The predicted octanol–water partition coefficient (Wildman–Crippen LogP) is 5.52. The maximum Gasteiger partial charge on any atom is 0.0388 e. The number of nitrogens with one attached hydrogen (secondary N) is 1. The van der Waals surface area contributed by atoms with E-state index in [2.05, 4.69) is 56.4 Å². The number of unbranched alkanes of at least 4 members (excludes halogenated alkanes) is 2. The van der Waals surface area contributed by atoms with E-state index < -0.39 is 0 Å². The quantitative estimate of drug-likeness (QED) is 0.656. The molecule has 1 heterocycles. The van der Waals surface area contributed by atoms with Crippen molar-refractivity contribution in [3.05, 3.63) is 35.2 Å². The number of hydrogen-bond donors (Lipinski definition) is 1. The average Bonchev–Trinajstić information content (AvgIpc) is 2.83. The largest absolute Gasteiger partial charge is 0.307 e. The lowest BCUT2D eigenvalue weighted by Gasteiger charge is -2.19. The molecule has 19 heavy (non-hydrogen) atoms. The Hall–Kier alpha value is -0.860. The Morgan fingerprint density at radius 2 is 1.95 bits per heavy atom. The highest BCUT2D eigenvalue weighted by Gasteiger charge is 2.12. The molecule has 2 atom stereocenters. The minimum atomic E-state index is 0.453. The van der Waals surface area contributed by atoms with E-state index in [0.29, 0.717) is 12.1 Å². The second-order valence-corrected chi connectivity index (χ2v) is 6.59. The van der Waals surface area contributed by atoms with Gasteiger partial charge < -0.3 is 5.32 Å². The van der Waals surface area contributed by atoms with Gasteiger partial charge in [-0.3, -0.25) is 0 Å². The second-order valence-electron chi connectivity index (χ2n) is 5.47. The minimum Gasteiger partial charge on any atom is -0.307 e. The fraction of sp³-hybridized carbons (Fsp3) is 0.529. The molecular formula is C17H25NS. The molecule has 0 bridgehead atoms. The summed E-state index contributed by atoms with van der Waals surface area (Å²) in [6, 6.07) is 12.0. The van der Waals surface area contributed by atoms with E-state index >= 15 is 0 Å². The van der Waals surface area contributed by atoms with Crippen LogP contribution in [0.1, 0.15) is 57.4 Å². The molecule has 0 amide bonds. The van der Waals surface area contributed by atoms with Crippen LogP contribution >= 0.6 is 11.3 Å². The Morgan fingerprint density at radius 3 is 2.68 bits per heavy atom. The highest BCUT2D eigenvalue weighted by molar-refractivity contribution is 7.19. The van der Waals surface area contributed by atoms with Gasteiger partial charge in [-0.2, -0.15) is 0 Å². The van der Waals surface area contributed by atoms with E-state index in [1.165, 1.54) is 40.6 Å². The summed E-state index contributed by atoms with van der Waals surface area (Å²) in [5.41, 5.74) is 0. The molecule has 1 nitrogen and oxygen atoms in total. The fourth-order valence-corrected chi connectivity index (χ4v) is 3.58. The molecule has 0 spiro atoms. The molecule has 2 heteroatoms. The van der Waals surface area contributed by atoms with Gasteiger partial charge in [-0.15, -0.1) is 11.3 Å².